The SMILES string of the molecule is CN(CC(=O)[O-])C1CCNCC1.[K+]. The summed E-state index contributed by atoms with van der Waals surface area (Å²) in [5, 5.41) is 13.5. The Kier molecular flexibility index (Phi) is 7.91. The fourth-order valence-electron chi connectivity index (χ4n) is 1.58. The molecule has 0 aromatic carbocycles. The van der Waals surface area contributed by atoms with Gasteiger partial charge in [-0.15, -0.1) is 0 Å². The molecule has 5 heteroatoms. The van der Waals surface area contributed by atoms with E-state index in [-0.39, 0.29) is 57.9 Å². The normalized spacial score (nSPS) is 18.3. The molecule has 0 unspecified atom stereocenters. The Morgan fingerprint density at radius 1 is 1.54 bits per heavy atom. The van der Waals surface area contributed by atoms with Crippen molar-refractivity contribution < 1.29 is 61.3 Å². The van der Waals surface area contributed by atoms with E-state index < -0.39 is 5.97 Å². The molecular formula is C8H15KN2O2. The van der Waals surface area contributed by atoms with Crippen LogP contribution in [0.5, 0.6) is 0 Å². The van der Waals surface area contributed by atoms with Crippen molar-refractivity contribution in [2.75, 3.05) is 26.7 Å². The first kappa shape index (κ1) is 14.0. The van der Waals surface area contributed by atoms with Crippen molar-refractivity contribution in [1.29, 1.82) is 0 Å². The van der Waals surface area contributed by atoms with Crippen LogP contribution < -0.4 is 61.8 Å². The van der Waals surface area contributed by atoms with Crippen LogP contribution in [0.25, 0.3) is 0 Å². The van der Waals surface area contributed by atoms with Gasteiger partial charge in [-0.25, -0.2) is 0 Å². The Balaban J connectivity index is 0.00000144. The zero-order valence-electron chi connectivity index (χ0n) is 8.38. The number of carbonyl (C=O) groups excluding carboxylic acids is 1. The largest absolute Gasteiger partial charge is 1.00 e. The van der Waals surface area contributed by atoms with Gasteiger partial charge in [-0.2, -0.15) is 0 Å². The van der Waals surface area contributed by atoms with Gasteiger partial charge in [-0.05, 0) is 33.0 Å². The molecule has 1 aliphatic rings. The Morgan fingerprint density at radius 3 is 2.54 bits per heavy atom. The minimum atomic E-state index is -0.990. The first-order chi connectivity index (χ1) is 5.70. The van der Waals surface area contributed by atoms with Crippen LogP contribution >= 0.6 is 0 Å². The minimum Gasteiger partial charge on any atom is -0.549 e. The Morgan fingerprint density at radius 2 is 2.08 bits per heavy atom. The predicted molar refractivity (Wildman–Crippen MR) is 43.5 cm³/mol. The molecule has 0 bridgehead atoms. The number of aliphatic carboxylic acids is 1. The Labute approximate surface area is 121 Å². The second-order valence-corrected chi connectivity index (χ2v) is 3.27. The Hall–Kier alpha value is 1.03. The third kappa shape index (κ3) is 5.46. The summed E-state index contributed by atoms with van der Waals surface area (Å²) in [7, 11) is 1.84. The van der Waals surface area contributed by atoms with Crippen LogP contribution in [0.4, 0.5) is 0 Å². The maximum Gasteiger partial charge on any atom is 1.00 e. The van der Waals surface area contributed by atoms with E-state index in [9.17, 15) is 9.90 Å². The molecule has 0 radical (unpaired) electrons. The van der Waals surface area contributed by atoms with Crippen molar-refractivity contribution in [3.05, 3.63) is 0 Å². The van der Waals surface area contributed by atoms with E-state index >= 15 is 0 Å². The molecule has 1 N–H and O–H groups in total. The van der Waals surface area contributed by atoms with Crippen LogP contribution in [0.3, 0.4) is 0 Å². The smallest absolute Gasteiger partial charge is 0.549 e. The van der Waals surface area contributed by atoms with Crippen molar-refractivity contribution in [1.82, 2.24) is 10.2 Å². The van der Waals surface area contributed by atoms with Gasteiger partial charge in [-0.1, -0.05) is 0 Å². The van der Waals surface area contributed by atoms with Crippen molar-refractivity contribution in [2.45, 2.75) is 18.9 Å². The second kappa shape index (κ2) is 7.34. The molecule has 0 atom stereocenters. The molecule has 1 saturated heterocycles. The van der Waals surface area contributed by atoms with E-state index in [0.717, 1.165) is 25.9 Å². The maximum atomic E-state index is 10.3. The summed E-state index contributed by atoms with van der Waals surface area (Å²) >= 11 is 0. The first-order valence-electron chi connectivity index (χ1n) is 4.31. The number of carbonyl (C=O) groups is 1. The van der Waals surface area contributed by atoms with Gasteiger partial charge in [0, 0.05) is 12.6 Å². The third-order valence-electron chi connectivity index (χ3n) is 2.31. The van der Waals surface area contributed by atoms with Crippen molar-refractivity contribution in [3.8, 4) is 0 Å². The molecule has 0 aromatic heterocycles. The van der Waals surface area contributed by atoms with Crippen LogP contribution in [0, 0.1) is 0 Å². The van der Waals surface area contributed by atoms with Gasteiger partial charge in [0.05, 0.1) is 5.97 Å². The molecule has 0 spiro atoms. The molecular weight excluding hydrogens is 195 g/mol. The number of hydrogen-bond acceptors (Lipinski definition) is 4. The second-order valence-electron chi connectivity index (χ2n) is 3.27. The molecule has 0 aromatic rings. The molecule has 1 fully saturated rings. The maximum absolute atomic E-state index is 10.3. The predicted octanol–water partition coefficient (Wildman–Crippen LogP) is -4.58. The number of nitrogens with zero attached hydrogens (tertiary/aromatic N) is 1. The standard InChI is InChI=1S/C8H16N2O2.K/c1-10(6-8(11)12)7-2-4-9-5-3-7;/h7,9H,2-6H2,1H3,(H,11,12);/q;+1/p-1. The van der Waals surface area contributed by atoms with E-state index in [1.54, 1.807) is 0 Å². The number of carboxylic acids is 1. The fraction of sp³-hybridized carbons (Fsp3) is 0.875. The number of rotatable bonds is 3. The van der Waals surface area contributed by atoms with Crippen LogP contribution in [-0.2, 0) is 4.79 Å². The van der Waals surface area contributed by atoms with E-state index in [0.29, 0.717) is 6.04 Å². The summed E-state index contributed by atoms with van der Waals surface area (Å²) in [5.74, 6) is -0.990. The van der Waals surface area contributed by atoms with E-state index in [1.807, 2.05) is 11.9 Å². The molecule has 0 amide bonds. The van der Waals surface area contributed by atoms with Gasteiger partial charge in [0.25, 0.3) is 0 Å². The fourth-order valence-corrected chi connectivity index (χ4v) is 1.58. The summed E-state index contributed by atoms with van der Waals surface area (Å²) in [4.78, 5) is 12.1. The molecule has 13 heavy (non-hydrogen) atoms. The van der Waals surface area contributed by atoms with Gasteiger partial charge in [-0.3, -0.25) is 4.90 Å². The number of piperidine rings is 1. The van der Waals surface area contributed by atoms with Crippen molar-refractivity contribution in [2.24, 2.45) is 0 Å². The van der Waals surface area contributed by atoms with Crippen molar-refractivity contribution in [3.63, 3.8) is 0 Å². The monoisotopic (exact) mass is 210 g/mol. The summed E-state index contributed by atoms with van der Waals surface area (Å²) in [6.07, 6.45) is 2.06. The van der Waals surface area contributed by atoms with Crippen molar-refractivity contribution >= 4 is 5.97 Å². The molecule has 1 rings (SSSR count). The molecule has 70 valence electrons. The zero-order chi connectivity index (χ0) is 8.97. The van der Waals surface area contributed by atoms with Gasteiger partial charge in [0.2, 0.25) is 0 Å². The van der Waals surface area contributed by atoms with E-state index in [1.165, 1.54) is 0 Å². The third-order valence-corrected chi connectivity index (χ3v) is 2.31. The van der Waals surface area contributed by atoms with Gasteiger partial charge in [0.1, 0.15) is 0 Å². The van der Waals surface area contributed by atoms with E-state index in [2.05, 4.69) is 5.32 Å². The average Bonchev–Trinajstić information content (AvgIpc) is 2.05. The zero-order valence-corrected chi connectivity index (χ0v) is 11.5. The van der Waals surface area contributed by atoms with E-state index in [4.69, 9.17) is 0 Å². The van der Waals surface area contributed by atoms with Crippen LogP contribution in [0.15, 0.2) is 0 Å². The molecule has 4 nitrogen and oxygen atoms in total. The quantitative estimate of drug-likeness (QED) is 0.477. The van der Waals surface area contributed by atoms with Gasteiger partial charge >= 0.3 is 51.4 Å². The van der Waals surface area contributed by atoms with Crippen LogP contribution in [0.1, 0.15) is 12.8 Å². The summed E-state index contributed by atoms with van der Waals surface area (Å²) in [6, 6.07) is 0.407. The first-order valence-corrected chi connectivity index (χ1v) is 4.31. The number of nitrogens with one attached hydrogen (secondary N) is 1. The summed E-state index contributed by atoms with van der Waals surface area (Å²) < 4.78 is 0. The number of hydrogen-bond donors (Lipinski definition) is 1. The summed E-state index contributed by atoms with van der Waals surface area (Å²) in [6.45, 7) is 2.02. The average molecular weight is 210 g/mol. The molecule has 0 aliphatic carbocycles. The molecule has 0 saturated carbocycles. The van der Waals surface area contributed by atoms with Crippen LogP contribution in [-0.4, -0.2) is 43.6 Å². The van der Waals surface area contributed by atoms with Gasteiger partial charge < -0.3 is 15.2 Å². The minimum absolute atomic E-state index is 0. The van der Waals surface area contributed by atoms with Gasteiger partial charge in [0.15, 0.2) is 0 Å². The summed E-state index contributed by atoms with van der Waals surface area (Å²) in [5.41, 5.74) is 0. The topological polar surface area (TPSA) is 55.4 Å². The molecule has 1 aliphatic heterocycles. The molecule has 1 heterocycles. The van der Waals surface area contributed by atoms with Crippen LogP contribution in [0.2, 0.25) is 0 Å². The number of likely N-dealkylation sites (N-methyl/N-ethyl adjacent to an activating group) is 1. The number of carboxylic acid groups (broad SMARTS) is 1. The Bertz CT molecular complexity index is 160.